The van der Waals surface area contributed by atoms with Crippen LogP contribution in [0, 0.1) is 24.6 Å². The Morgan fingerprint density at radius 3 is 2.45 bits per heavy atom. The highest BCUT2D eigenvalue weighted by molar-refractivity contribution is 5.97. The summed E-state index contributed by atoms with van der Waals surface area (Å²) in [5.41, 5.74) is 11.4. The summed E-state index contributed by atoms with van der Waals surface area (Å²) >= 11 is 0. The van der Waals surface area contributed by atoms with E-state index in [1.807, 2.05) is 20.8 Å². The number of nitrogens with zero attached hydrogens (tertiary/aromatic N) is 2. The second-order valence-corrected chi connectivity index (χ2v) is 18.1. The van der Waals surface area contributed by atoms with E-state index in [0.29, 0.717) is 52.8 Å². The molecule has 2 aromatic heterocycles. The Hall–Kier alpha value is -7.25. The summed E-state index contributed by atoms with van der Waals surface area (Å²) in [5.74, 6) is 4.38. The van der Waals surface area contributed by atoms with Crippen LogP contribution in [0.3, 0.4) is 0 Å². The van der Waals surface area contributed by atoms with Gasteiger partial charge in [-0.25, -0.2) is 19.0 Å². The maximum absolute atomic E-state index is 14.5. The molecule has 416 valence electrons. The molecule has 20 nitrogen and oxygen atoms in total. The van der Waals surface area contributed by atoms with Crippen LogP contribution in [-0.4, -0.2) is 110 Å². The zero-order valence-corrected chi connectivity index (χ0v) is 44.8. The number of cyclic esters (lactones) is 1. The number of aromatic nitrogens is 2. The van der Waals surface area contributed by atoms with Crippen LogP contribution in [0.1, 0.15) is 134 Å². The van der Waals surface area contributed by atoms with Crippen LogP contribution in [0.25, 0.3) is 22.3 Å². The number of fused-ring (bicyclic) bond motifs is 5. The second kappa shape index (κ2) is 29.9. The fourth-order valence-corrected chi connectivity index (χ4v) is 9.38. The normalized spacial score (nSPS) is 19.2. The van der Waals surface area contributed by atoms with Crippen LogP contribution in [0.4, 0.5) is 9.18 Å². The molecule has 0 bridgehead atoms. The lowest BCUT2D eigenvalue weighted by molar-refractivity contribution is -0.188. The summed E-state index contributed by atoms with van der Waals surface area (Å²) in [5, 5.41) is 16.3. The third kappa shape index (κ3) is 15.9. The minimum absolute atomic E-state index is 0.0996. The number of aliphatic hydroxyl groups is 1. The number of hydrogen-bond acceptors (Lipinski definition) is 16. The van der Waals surface area contributed by atoms with Gasteiger partial charge in [0.25, 0.3) is 11.5 Å². The lowest BCUT2D eigenvalue weighted by Gasteiger charge is -2.32. The molecular formula is C56H70FN5O15. The molecule has 0 saturated carbocycles. The molecule has 3 amide bonds. The molecule has 1 saturated heterocycles. The van der Waals surface area contributed by atoms with Crippen molar-refractivity contribution in [2.75, 3.05) is 33.9 Å². The third-order valence-electron chi connectivity index (χ3n) is 12.8. The van der Waals surface area contributed by atoms with Gasteiger partial charge in [-0.1, -0.05) is 32.3 Å². The van der Waals surface area contributed by atoms with Crippen LogP contribution in [-0.2, 0) is 80.2 Å². The number of pyridine rings is 2. The number of ether oxygens (including phenoxy) is 7. The van der Waals surface area contributed by atoms with E-state index in [1.165, 1.54) is 44.4 Å². The highest BCUT2D eigenvalue weighted by Gasteiger charge is 2.36. The van der Waals surface area contributed by atoms with E-state index in [0.717, 1.165) is 60.8 Å². The summed E-state index contributed by atoms with van der Waals surface area (Å²) in [7, 11) is 3.25. The highest BCUT2D eigenvalue weighted by atomic mass is 19.1. The van der Waals surface area contributed by atoms with Crippen molar-refractivity contribution >= 4 is 47.5 Å². The quantitative estimate of drug-likeness (QED) is 0.0353. The van der Waals surface area contributed by atoms with Gasteiger partial charge in [-0.15, -0.1) is 5.92 Å². The molecule has 5 aliphatic rings. The summed E-state index contributed by atoms with van der Waals surface area (Å²) in [6.07, 6.45) is 5.48. The molecule has 2 aromatic carbocycles. The fraction of sp³-hybridized carbons (Fsp3) is 0.500. The van der Waals surface area contributed by atoms with E-state index in [-0.39, 0.29) is 73.5 Å². The molecule has 4 aromatic rings. The standard InChI is InChI=1S/C22H17FN2O4.C20H25N3O9.C10H16O.C2H6O.C2H6/c1-9-10-3-2-4-11-13-7-25-17(19(13)24-16(18(10)11)6-15(9)23)5-12-14(21(25)27)8-29-22(28)20(12)26;1-12(26)30-14-7-15(9-24)31-18(8-14)32-17-3-2-13(10-29-20(21)28)6-16(17)19(27)23-5-4-22-11-25;1-2-11-10-8-6-4-3-5-7-9-10;1-3-2;1-2/h5-6,20,26H,2-4,7-8H2,1H3;2-3,6,9,11,14-15,18H,4-5,7-8,10H2,1H3,(H2,21,28)(H,22,25)(H,23,27);10H,2-6,8H2,1H3;1-2H3;1-2H3. The number of carbonyl (C=O) groups is 6. The molecule has 1 fully saturated rings. The Morgan fingerprint density at radius 1 is 1.00 bits per heavy atom. The Balaban J connectivity index is 0.000000223. The van der Waals surface area contributed by atoms with Crippen LogP contribution in [0.2, 0.25) is 0 Å². The number of aryl methyl sites for hydroxylation is 2. The van der Waals surface area contributed by atoms with Gasteiger partial charge in [0.2, 0.25) is 12.7 Å². The zero-order chi connectivity index (χ0) is 56.2. The van der Waals surface area contributed by atoms with Gasteiger partial charge in [0.1, 0.15) is 49.4 Å². The summed E-state index contributed by atoms with van der Waals surface area (Å²) < 4.78 is 52.1. The molecule has 0 spiro atoms. The Bertz CT molecular complexity index is 2880. The van der Waals surface area contributed by atoms with Gasteiger partial charge >= 0.3 is 18.0 Å². The predicted octanol–water partition coefficient (Wildman–Crippen LogP) is 5.87. The predicted molar refractivity (Wildman–Crippen MR) is 280 cm³/mol. The number of aliphatic hydroxyl groups excluding tert-OH is 1. The van der Waals surface area contributed by atoms with Gasteiger partial charge in [0.15, 0.2) is 6.10 Å². The largest absolute Gasteiger partial charge is 0.464 e. The number of nitrogens with one attached hydrogen (secondary N) is 2. The summed E-state index contributed by atoms with van der Waals surface area (Å²) in [6, 6.07) is 7.62. The molecule has 9 rings (SSSR count). The van der Waals surface area contributed by atoms with E-state index in [2.05, 4.69) is 27.2 Å². The van der Waals surface area contributed by atoms with E-state index >= 15 is 0 Å². The fourth-order valence-electron chi connectivity index (χ4n) is 9.38. The van der Waals surface area contributed by atoms with Crippen molar-refractivity contribution in [2.45, 2.75) is 149 Å². The summed E-state index contributed by atoms with van der Waals surface area (Å²) in [6.45, 7) is 10.3. The number of carbonyl (C=O) groups excluding carboxylic acids is 6. The second-order valence-electron chi connectivity index (χ2n) is 18.1. The summed E-state index contributed by atoms with van der Waals surface area (Å²) in [4.78, 5) is 86.0. The minimum Gasteiger partial charge on any atom is -0.464 e. The van der Waals surface area contributed by atoms with E-state index in [9.17, 15) is 43.1 Å². The monoisotopic (exact) mass is 1070 g/mol. The molecule has 77 heavy (non-hydrogen) atoms. The minimum atomic E-state index is -1.48. The average Bonchev–Trinajstić information content (AvgIpc) is 3.79. The molecule has 3 aliphatic heterocycles. The van der Waals surface area contributed by atoms with Gasteiger partial charge in [-0.3, -0.25) is 19.2 Å². The van der Waals surface area contributed by atoms with Crippen molar-refractivity contribution in [1.82, 2.24) is 20.2 Å². The van der Waals surface area contributed by atoms with Gasteiger partial charge in [0.05, 0.1) is 34.6 Å². The molecule has 5 unspecified atom stereocenters. The first-order valence-electron chi connectivity index (χ1n) is 25.8. The molecule has 2 aliphatic carbocycles. The van der Waals surface area contributed by atoms with Crippen molar-refractivity contribution in [3.8, 4) is 29.0 Å². The lowest BCUT2D eigenvalue weighted by Crippen LogP contribution is -2.41. The first kappa shape index (κ1) is 60.6. The van der Waals surface area contributed by atoms with Crippen molar-refractivity contribution in [3.63, 3.8) is 0 Å². The number of hydrogen-bond donors (Lipinski definition) is 4. The van der Waals surface area contributed by atoms with Gasteiger partial charge in [-0.05, 0) is 92.8 Å². The molecule has 0 radical (unpaired) electrons. The number of benzene rings is 2. The van der Waals surface area contributed by atoms with Crippen molar-refractivity contribution in [1.29, 1.82) is 0 Å². The van der Waals surface area contributed by atoms with Crippen LogP contribution in [0.15, 0.2) is 35.1 Å². The third-order valence-corrected chi connectivity index (χ3v) is 12.8. The molecule has 5 atom stereocenters. The Labute approximate surface area is 446 Å². The molecule has 5 heterocycles. The molecule has 21 heteroatoms. The van der Waals surface area contributed by atoms with Crippen molar-refractivity contribution in [2.24, 2.45) is 5.73 Å². The lowest BCUT2D eigenvalue weighted by atomic mass is 9.85. The maximum Gasteiger partial charge on any atom is 0.404 e. The number of esters is 2. The van der Waals surface area contributed by atoms with Crippen LogP contribution in [0.5, 0.6) is 5.75 Å². The number of rotatable bonds is 13. The molecular weight excluding hydrogens is 1000 g/mol. The van der Waals surface area contributed by atoms with E-state index in [4.69, 9.17) is 39.1 Å². The SMILES string of the molecule is CC.CC(=O)OC1CC(C=O)OC(Oc2ccc(COC(N)=O)cc2C(=O)NCCNC=O)C1.CCOC1C#CCCCCC1.COC.Cc1c(F)cc2nc3c(c4c2c1CCC4)Cn1c-3cc2c(c1=O)COC(=O)C2O. The van der Waals surface area contributed by atoms with Crippen LogP contribution >= 0.6 is 0 Å². The first-order chi connectivity index (χ1) is 37.1. The first-order valence-corrected chi connectivity index (χ1v) is 25.8. The number of aldehydes is 1. The van der Waals surface area contributed by atoms with Gasteiger partial charge in [0, 0.05) is 82.7 Å². The number of halogens is 1. The maximum atomic E-state index is 14.5. The Morgan fingerprint density at radius 2 is 1.75 bits per heavy atom. The van der Waals surface area contributed by atoms with E-state index < -0.39 is 48.5 Å². The average molecular weight is 1070 g/mol. The Kier molecular flexibility index (Phi) is 23.5. The zero-order valence-electron chi connectivity index (χ0n) is 44.8. The van der Waals surface area contributed by atoms with E-state index in [1.54, 1.807) is 37.8 Å². The number of amides is 3. The number of nitrogens with two attached hydrogens (primary N) is 1. The number of primary amides is 1. The smallest absolute Gasteiger partial charge is 0.404 e. The van der Waals surface area contributed by atoms with Crippen LogP contribution < -0.4 is 26.7 Å². The van der Waals surface area contributed by atoms with Crippen molar-refractivity contribution < 1.29 is 71.4 Å². The highest BCUT2D eigenvalue weighted by Crippen LogP contribution is 2.42. The van der Waals surface area contributed by atoms with Crippen molar-refractivity contribution in [3.05, 3.63) is 91.0 Å². The topological polar surface area (TPSA) is 272 Å². The van der Waals surface area contributed by atoms with Gasteiger partial charge < -0.3 is 64.0 Å². The molecule has 5 N–H and O–H groups in total. The van der Waals surface area contributed by atoms with Gasteiger partial charge in [-0.2, -0.15) is 0 Å². The number of methoxy groups -OCH3 is 1.